The van der Waals surface area contributed by atoms with Crippen LogP contribution in [0.25, 0.3) is 0 Å². The minimum atomic E-state index is -0.434. The van der Waals surface area contributed by atoms with Gasteiger partial charge in [0.25, 0.3) is 0 Å². The molecule has 0 saturated carbocycles. The van der Waals surface area contributed by atoms with Crippen molar-refractivity contribution in [2.75, 3.05) is 38.1 Å². The van der Waals surface area contributed by atoms with E-state index in [-0.39, 0.29) is 0 Å². The zero-order chi connectivity index (χ0) is 12.3. The minimum absolute atomic E-state index is 0.434. The number of hydrogen-bond donors (Lipinski definition) is 1. The summed E-state index contributed by atoms with van der Waals surface area (Å²) >= 11 is 0. The molecule has 4 nitrogen and oxygen atoms in total. The average molecular weight is 235 g/mol. The Bertz CT molecular complexity index is 344. The van der Waals surface area contributed by atoms with Crippen LogP contribution in [0.1, 0.15) is 25.1 Å². The molecule has 0 unspecified atom stereocenters. The third-order valence-corrected chi connectivity index (χ3v) is 3.37. The van der Waals surface area contributed by atoms with E-state index in [1.54, 1.807) is 0 Å². The smallest absolute Gasteiger partial charge is 0.0957 e. The first-order chi connectivity index (χ1) is 8.20. The zero-order valence-corrected chi connectivity index (χ0v) is 10.6. The van der Waals surface area contributed by atoms with E-state index in [1.165, 1.54) is 0 Å². The maximum absolute atomic E-state index is 9.68. The molecule has 1 N–H and O–H groups in total. The SMILES string of the molecule is CC[C@H](O)c1ccc(N2CCN(C)CC2)cn1. The van der Waals surface area contributed by atoms with Crippen molar-refractivity contribution >= 4 is 5.69 Å². The van der Waals surface area contributed by atoms with Crippen molar-refractivity contribution in [2.45, 2.75) is 19.4 Å². The molecule has 1 aliphatic rings. The lowest BCUT2D eigenvalue weighted by Crippen LogP contribution is -2.44. The van der Waals surface area contributed by atoms with Crippen LogP contribution in [-0.2, 0) is 0 Å². The molecular weight excluding hydrogens is 214 g/mol. The maximum atomic E-state index is 9.68. The highest BCUT2D eigenvalue weighted by Gasteiger charge is 2.15. The van der Waals surface area contributed by atoms with E-state index >= 15 is 0 Å². The molecule has 2 rings (SSSR count). The summed E-state index contributed by atoms with van der Waals surface area (Å²) in [6, 6.07) is 3.99. The summed E-state index contributed by atoms with van der Waals surface area (Å²) in [7, 11) is 2.15. The fraction of sp³-hybridized carbons (Fsp3) is 0.615. The van der Waals surface area contributed by atoms with Gasteiger partial charge in [-0.15, -0.1) is 0 Å². The minimum Gasteiger partial charge on any atom is -0.387 e. The van der Waals surface area contributed by atoms with Crippen LogP contribution in [0.2, 0.25) is 0 Å². The standard InChI is InChI=1S/C13H21N3O/c1-3-13(17)12-5-4-11(10-14-12)16-8-6-15(2)7-9-16/h4-5,10,13,17H,3,6-9H2,1-2H3/t13-/m0/s1. The first-order valence-electron chi connectivity index (χ1n) is 6.28. The molecule has 1 aromatic heterocycles. The Balaban J connectivity index is 2.02. The normalized spacial score (nSPS) is 19.4. The number of aliphatic hydroxyl groups is 1. The predicted molar refractivity (Wildman–Crippen MR) is 69.2 cm³/mol. The molecule has 94 valence electrons. The molecule has 0 aliphatic carbocycles. The number of rotatable bonds is 3. The van der Waals surface area contributed by atoms with Gasteiger partial charge in [-0.2, -0.15) is 0 Å². The Kier molecular flexibility index (Phi) is 3.97. The number of hydrogen-bond acceptors (Lipinski definition) is 4. The molecule has 1 aliphatic heterocycles. The van der Waals surface area contributed by atoms with E-state index in [1.807, 2.05) is 19.2 Å². The number of aromatic nitrogens is 1. The van der Waals surface area contributed by atoms with Crippen molar-refractivity contribution in [1.82, 2.24) is 9.88 Å². The Labute approximate surface area is 103 Å². The summed E-state index contributed by atoms with van der Waals surface area (Å²) in [5.41, 5.74) is 1.93. The van der Waals surface area contributed by atoms with Gasteiger partial charge in [-0.1, -0.05) is 6.92 Å². The van der Waals surface area contributed by atoms with Gasteiger partial charge in [0, 0.05) is 26.2 Å². The van der Waals surface area contributed by atoms with Crippen molar-refractivity contribution in [2.24, 2.45) is 0 Å². The monoisotopic (exact) mass is 235 g/mol. The lowest BCUT2D eigenvalue weighted by Gasteiger charge is -2.33. The van der Waals surface area contributed by atoms with Crippen molar-refractivity contribution in [3.05, 3.63) is 24.0 Å². The second-order valence-electron chi connectivity index (χ2n) is 4.66. The summed E-state index contributed by atoms with van der Waals surface area (Å²) in [5, 5.41) is 9.68. The highest BCUT2D eigenvalue weighted by molar-refractivity contribution is 5.45. The number of nitrogens with zero attached hydrogens (tertiary/aromatic N) is 3. The van der Waals surface area contributed by atoms with Crippen LogP contribution in [-0.4, -0.2) is 48.2 Å². The molecular formula is C13H21N3O. The van der Waals surface area contributed by atoms with Crippen LogP contribution in [0, 0.1) is 0 Å². The van der Waals surface area contributed by atoms with Crippen LogP contribution in [0.3, 0.4) is 0 Å². The van der Waals surface area contributed by atoms with Crippen molar-refractivity contribution in [1.29, 1.82) is 0 Å². The van der Waals surface area contributed by atoms with Crippen molar-refractivity contribution < 1.29 is 5.11 Å². The van der Waals surface area contributed by atoms with E-state index in [0.29, 0.717) is 6.42 Å². The first kappa shape index (κ1) is 12.3. The van der Waals surface area contributed by atoms with Crippen molar-refractivity contribution in [3.63, 3.8) is 0 Å². The van der Waals surface area contributed by atoms with E-state index in [0.717, 1.165) is 37.6 Å². The number of pyridine rings is 1. The number of anilines is 1. The van der Waals surface area contributed by atoms with E-state index in [2.05, 4.69) is 27.9 Å². The lowest BCUT2D eigenvalue weighted by molar-refractivity contribution is 0.169. The van der Waals surface area contributed by atoms with Gasteiger partial charge in [-0.05, 0) is 25.6 Å². The first-order valence-corrected chi connectivity index (χ1v) is 6.28. The van der Waals surface area contributed by atoms with Crippen LogP contribution < -0.4 is 4.90 Å². The zero-order valence-electron chi connectivity index (χ0n) is 10.6. The summed E-state index contributed by atoms with van der Waals surface area (Å²) in [5.74, 6) is 0. The van der Waals surface area contributed by atoms with Gasteiger partial charge in [0.15, 0.2) is 0 Å². The van der Waals surface area contributed by atoms with Gasteiger partial charge in [0.05, 0.1) is 23.7 Å². The second-order valence-corrected chi connectivity index (χ2v) is 4.66. The third-order valence-electron chi connectivity index (χ3n) is 3.37. The molecule has 2 heterocycles. The van der Waals surface area contributed by atoms with Gasteiger partial charge < -0.3 is 14.9 Å². The number of aliphatic hydroxyl groups excluding tert-OH is 1. The molecule has 0 amide bonds. The van der Waals surface area contributed by atoms with Gasteiger partial charge >= 0.3 is 0 Å². The quantitative estimate of drug-likeness (QED) is 0.856. The largest absolute Gasteiger partial charge is 0.387 e. The molecule has 4 heteroatoms. The Morgan fingerprint density at radius 1 is 1.29 bits per heavy atom. The summed E-state index contributed by atoms with van der Waals surface area (Å²) in [4.78, 5) is 9.01. The Morgan fingerprint density at radius 2 is 2.00 bits per heavy atom. The van der Waals surface area contributed by atoms with Gasteiger partial charge in [-0.3, -0.25) is 4.98 Å². The molecule has 1 aromatic rings. The molecule has 0 spiro atoms. The molecule has 1 fully saturated rings. The van der Waals surface area contributed by atoms with E-state index in [4.69, 9.17) is 0 Å². The topological polar surface area (TPSA) is 39.6 Å². The number of likely N-dealkylation sites (N-methyl/N-ethyl adjacent to an activating group) is 1. The summed E-state index contributed by atoms with van der Waals surface area (Å²) < 4.78 is 0. The third kappa shape index (κ3) is 2.96. The Hall–Kier alpha value is -1.13. The highest BCUT2D eigenvalue weighted by Crippen LogP contribution is 2.19. The van der Waals surface area contributed by atoms with Crippen LogP contribution in [0.5, 0.6) is 0 Å². The fourth-order valence-electron chi connectivity index (χ4n) is 2.06. The van der Waals surface area contributed by atoms with Crippen LogP contribution >= 0.6 is 0 Å². The van der Waals surface area contributed by atoms with Crippen molar-refractivity contribution in [3.8, 4) is 0 Å². The van der Waals surface area contributed by atoms with Crippen LogP contribution in [0.4, 0.5) is 5.69 Å². The molecule has 17 heavy (non-hydrogen) atoms. The van der Waals surface area contributed by atoms with Gasteiger partial charge in [-0.25, -0.2) is 0 Å². The van der Waals surface area contributed by atoms with E-state index in [9.17, 15) is 5.11 Å². The second kappa shape index (κ2) is 5.47. The summed E-state index contributed by atoms with van der Waals surface area (Å²) in [6.07, 6.45) is 2.15. The maximum Gasteiger partial charge on any atom is 0.0957 e. The summed E-state index contributed by atoms with van der Waals surface area (Å²) in [6.45, 7) is 6.25. The molecule has 1 saturated heterocycles. The average Bonchev–Trinajstić information content (AvgIpc) is 2.39. The Morgan fingerprint density at radius 3 is 2.53 bits per heavy atom. The van der Waals surface area contributed by atoms with E-state index < -0.39 is 6.10 Å². The molecule has 0 bridgehead atoms. The van der Waals surface area contributed by atoms with Crippen LogP contribution in [0.15, 0.2) is 18.3 Å². The molecule has 0 radical (unpaired) electrons. The fourth-order valence-corrected chi connectivity index (χ4v) is 2.06. The molecule has 1 atom stereocenters. The van der Waals surface area contributed by atoms with Gasteiger partial charge in [0.1, 0.15) is 0 Å². The number of piperazine rings is 1. The highest BCUT2D eigenvalue weighted by atomic mass is 16.3. The van der Waals surface area contributed by atoms with Gasteiger partial charge in [0.2, 0.25) is 0 Å². The molecule has 0 aromatic carbocycles. The lowest BCUT2D eigenvalue weighted by atomic mass is 10.2. The predicted octanol–water partition coefficient (Wildman–Crippen LogP) is 1.28.